The van der Waals surface area contributed by atoms with Gasteiger partial charge in [0.2, 0.25) is 0 Å². The Kier molecular flexibility index (Phi) is 4.07. The Bertz CT molecular complexity index is 322. The van der Waals surface area contributed by atoms with Gasteiger partial charge in [0.1, 0.15) is 5.82 Å². The van der Waals surface area contributed by atoms with Gasteiger partial charge >= 0.3 is 0 Å². The largest absolute Gasteiger partial charge is 0.373 e. The molecule has 0 bridgehead atoms. The predicted octanol–water partition coefficient (Wildman–Crippen LogP) is 1.97. The van der Waals surface area contributed by atoms with Crippen LogP contribution in [0, 0.1) is 5.82 Å². The van der Waals surface area contributed by atoms with E-state index in [0.717, 1.165) is 24.5 Å². The lowest BCUT2D eigenvalue weighted by atomic mass is 10.2. The fourth-order valence-corrected chi connectivity index (χ4v) is 2.81. The van der Waals surface area contributed by atoms with Crippen molar-refractivity contribution in [2.75, 3.05) is 36.5 Å². The summed E-state index contributed by atoms with van der Waals surface area (Å²) in [6.45, 7) is 2.06. The van der Waals surface area contributed by atoms with E-state index in [0.29, 0.717) is 6.04 Å². The van der Waals surface area contributed by atoms with Crippen LogP contribution in [-0.2, 0) is 0 Å². The third-order valence-corrected chi connectivity index (χ3v) is 3.89. The van der Waals surface area contributed by atoms with Gasteiger partial charge in [-0.3, -0.25) is 0 Å². The van der Waals surface area contributed by atoms with Crippen molar-refractivity contribution in [3.05, 3.63) is 30.1 Å². The molecule has 0 radical (unpaired) electrons. The smallest absolute Gasteiger partial charge is 0.123 e. The third-order valence-electron chi connectivity index (χ3n) is 2.76. The molecule has 1 unspecified atom stereocenters. The van der Waals surface area contributed by atoms with Crippen LogP contribution >= 0.6 is 11.8 Å². The van der Waals surface area contributed by atoms with E-state index in [9.17, 15) is 4.39 Å². The predicted molar refractivity (Wildman–Crippen MR) is 68.8 cm³/mol. The Morgan fingerprint density at radius 2 is 2.19 bits per heavy atom. The van der Waals surface area contributed by atoms with E-state index in [1.807, 2.05) is 30.9 Å². The molecule has 0 aromatic heterocycles. The van der Waals surface area contributed by atoms with Crippen LogP contribution in [0.25, 0.3) is 0 Å². The summed E-state index contributed by atoms with van der Waals surface area (Å²) >= 11 is 1.99. The van der Waals surface area contributed by atoms with E-state index in [1.54, 1.807) is 0 Å². The van der Waals surface area contributed by atoms with Gasteiger partial charge in [-0.25, -0.2) is 4.39 Å². The van der Waals surface area contributed by atoms with Crippen molar-refractivity contribution in [1.82, 2.24) is 5.32 Å². The minimum atomic E-state index is -0.177. The van der Waals surface area contributed by atoms with E-state index in [1.165, 1.54) is 17.9 Å². The van der Waals surface area contributed by atoms with Crippen molar-refractivity contribution in [1.29, 1.82) is 0 Å². The van der Waals surface area contributed by atoms with Gasteiger partial charge in [-0.15, -0.1) is 0 Å². The number of anilines is 1. The second-order valence-electron chi connectivity index (χ2n) is 4.08. The van der Waals surface area contributed by atoms with E-state index in [-0.39, 0.29) is 5.82 Å². The zero-order chi connectivity index (χ0) is 11.4. The SMILES string of the molecule is CN(CC1CSCCN1)c1ccc(F)cc1. The number of rotatable bonds is 3. The molecule has 2 nitrogen and oxygen atoms in total. The Balaban J connectivity index is 1.91. The first-order valence-corrected chi connectivity index (χ1v) is 6.69. The number of hydrogen-bond acceptors (Lipinski definition) is 3. The highest BCUT2D eigenvalue weighted by Crippen LogP contribution is 2.15. The lowest BCUT2D eigenvalue weighted by Gasteiger charge is -2.29. The topological polar surface area (TPSA) is 15.3 Å². The van der Waals surface area contributed by atoms with Crippen LogP contribution in [0.1, 0.15) is 0 Å². The fraction of sp³-hybridized carbons (Fsp3) is 0.500. The summed E-state index contributed by atoms with van der Waals surface area (Å²) in [7, 11) is 2.05. The van der Waals surface area contributed by atoms with Gasteiger partial charge in [0.15, 0.2) is 0 Å². The molecule has 88 valence electrons. The molecule has 4 heteroatoms. The first-order chi connectivity index (χ1) is 7.75. The first-order valence-electron chi connectivity index (χ1n) is 5.53. The molecule has 0 saturated carbocycles. The maximum Gasteiger partial charge on any atom is 0.123 e. The average molecular weight is 240 g/mol. The van der Waals surface area contributed by atoms with Gasteiger partial charge in [-0.05, 0) is 24.3 Å². The van der Waals surface area contributed by atoms with Gasteiger partial charge in [0.05, 0.1) is 0 Å². The number of benzene rings is 1. The molecule has 0 aliphatic carbocycles. The second-order valence-corrected chi connectivity index (χ2v) is 5.23. The van der Waals surface area contributed by atoms with E-state index >= 15 is 0 Å². The number of nitrogens with one attached hydrogen (secondary N) is 1. The molecule has 1 heterocycles. The van der Waals surface area contributed by atoms with E-state index in [4.69, 9.17) is 0 Å². The first kappa shape index (κ1) is 11.7. The van der Waals surface area contributed by atoms with Gasteiger partial charge in [0.25, 0.3) is 0 Å². The van der Waals surface area contributed by atoms with Crippen molar-refractivity contribution in [3.63, 3.8) is 0 Å². The van der Waals surface area contributed by atoms with Crippen molar-refractivity contribution >= 4 is 17.4 Å². The standard InChI is InChI=1S/C12H17FN2S/c1-15(8-11-9-16-7-6-14-11)12-4-2-10(13)3-5-12/h2-5,11,14H,6-9H2,1H3. The zero-order valence-corrected chi connectivity index (χ0v) is 10.3. The molecule has 16 heavy (non-hydrogen) atoms. The Hall–Kier alpha value is -0.740. The van der Waals surface area contributed by atoms with Crippen molar-refractivity contribution in [2.24, 2.45) is 0 Å². The number of likely N-dealkylation sites (N-methyl/N-ethyl adjacent to an activating group) is 1. The van der Waals surface area contributed by atoms with Crippen LogP contribution in [0.15, 0.2) is 24.3 Å². The lowest BCUT2D eigenvalue weighted by molar-refractivity contribution is 0.562. The molecule has 0 amide bonds. The molecule has 0 spiro atoms. The number of halogens is 1. The Labute approximate surface area is 100 Å². The molecular weight excluding hydrogens is 223 g/mol. The summed E-state index contributed by atoms with van der Waals surface area (Å²) in [6.07, 6.45) is 0. The molecule has 1 aliphatic heterocycles. The van der Waals surface area contributed by atoms with Crippen molar-refractivity contribution < 1.29 is 4.39 Å². The molecule has 1 aliphatic rings. The number of hydrogen-bond donors (Lipinski definition) is 1. The zero-order valence-electron chi connectivity index (χ0n) is 9.45. The molecule has 1 atom stereocenters. The molecular formula is C12H17FN2S. The normalized spacial score (nSPS) is 20.8. The van der Waals surface area contributed by atoms with Crippen molar-refractivity contribution in [3.8, 4) is 0 Å². The van der Waals surface area contributed by atoms with Crippen LogP contribution < -0.4 is 10.2 Å². The maximum atomic E-state index is 12.8. The molecule has 2 rings (SSSR count). The summed E-state index contributed by atoms with van der Waals surface area (Å²) in [5.41, 5.74) is 1.07. The monoisotopic (exact) mass is 240 g/mol. The van der Waals surface area contributed by atoms with E-state index in [2.05, 4.69) is 10.2 Å². The van der Waals surface area contributed by atoms with Gasteiger partial charge in [-0.2, -0.15) is 11.8 Å². The Morgan fingerprint density at radius 3 is 2.81 bits per heavy atom. The maximum absolute atomic E-state index is 12.8. The fourth-order valence-electron chi connectivity index (χ4n) is 1.87. The summed E-state index contributed by atoms with van der Waals surface area (Å²) in [6, 6.07) is 7.20. The minimum Gasteiger partial charge on any atom is -0.373 e. The lowest BCUT2D eigenvalue weighted by Crippen LogP contribution is -2.45. The second kappa shape index (κ2) is 5.55. The highest BCUT2D eigenvalue weighted by molar-refractivity contribution is 7.99. The van der Waals surface area contributed by atoms with Gasteiger partial charge < -0.3 is 10.2 Å². The van der Waals surface area contributed by atoms with Crippen LogP contribution in [0.5, 0.6) is 0 Å². The molecule has 1 aromatic carbocycles. The van der Waals surface area contributed by atoms with Crippen LogP contribution in [0.2, 0.25) is 0 Å². The molecule has 1 N–H and O–H groups in total. The average Bonchev–Trinajstić information content (AvgIpc) is 2.31. The molecule has 1 saturated heterocycles. The van der Waals surface area contributed by atoms with Gasteiger partial charge in [0, 0.05) is 43.4 Å². The summed E-state index contributed by atoms with van der Waals surface area (Å²) in [4.78, 5) is 2.17. The highest BCUT2D eigenvalue weighted by atomic mass is 32.2. The summed E-state index contributed by atoms with van der Waals surface area (Å²) < 4.78 is 12.8. The summed E-state index contributed by atoms with van der Waals surface area (Å²) in [5, 5.41) is 3.49. The number of nitrogens with zero attached hydrogens (tertiary/aromatic N) is 1. The molecule has 1 fully saturated rings. The molecule has 1 aromatic rings. The van der Waals surface area contributed by atoms with Crippen LogP contribution in [0.4, 0.5) is 10.1 Å². The van der Waals surface area contributed by atoms with Crippen molar-refractivity contribution in [2.45, 2.75) is 6.04 Å². The quantitative estimate of drug-likeness (QED) is 0.869. The van der Waals surface area contributed by atoms with Crippen LogP contribution in [-0.4, -0.2) is 37.7 Å². The highest BCUT2D eigenvalue weighted by Gasteiger charge is 2.14. The Morgan fingerprint density at radius 1 is 1.44 bits per heavy atom. The third kappa shape index (κ3) is 3.12. The van der Waals surface area contributed by atoms with Gasteiger partial charge in [-0.1, -0.05) is 0 Å². The van der Waals surface area contributed by atoms with E-state index < -0.39 is 0 Å². The number of thioether (sulfide) groups is 1. The summed E-state index contributed by atoms with van der Waals surface area (Å²) in [5.74, 6) is 2.19. The minimum absolute atomic E-state index is 0.177. The van der Waals surface area contributed by atoms with Crippen LogP contribution in [0.3, 0.4) is 0 Å².